The lowest BCUT2D eigenvalue weighted by Gasteiger charge is -2.20. The van der Waals surface area contributed by atoms with Crippen molar-refractivity contribution in [3.05, 3.63) is 179 Å². The van der Waals surface area contributed by atoms with E-state index in [1.54, 1.807) is 0 Å². The molecule has 0 aliphatic carbocycles. The van der Waals surface area contributed by atoms with Gasteiger partial charge in [0.05, 0.1) is 36.6 Å². The molecule has 4 atom stereocenters. The molecule has 4 N–H and O–H groups in total. The fourth-order valence-corrected chi connectivity index (χ4v) is 9.73. The minimum absolute atomic E-state index is 0.0987. The highest BCUT2D eigenvalue weighted by atomic mass is 35.5. The van der Waals surface area contributed by atoms with Crippen molar-refractivity contribution in [1.82, 2.24) is 9.44 Å². The third kappa shape index (κ3) is 17.1. The summed E-state index contributed by atoms with van der Waals surface area (Å²) >= 11 is 14.8. The molecule has 0 aromatic heterocycles. The Kier molecular flexibility index (Phi) is 18.9. The van der Waals surface area contributed by atoms with Gasteiger partial charge in [-0.1, -0.05) is 132 Å². The smallest absolute Gasteiger partial charge is 0.237 e. The fourth-order valence-electron chi connectivity index (χ4n) is 6.35. The molecule has 0 aliphatic rings. The van der Waals surface area contributed by atoms with Crippen LogP contribution in [-0.2, 0) is 29.6 Å². The maximum atomic E-state index is 12.6. The van der Waals surface area contributed by atoms with Gasteiger partial charge in [0.25, 0.3) is 0 Å². The zero-order valence-electron chi connectivity index (χ0n) is 34.9. The molecule has 64 heavy (non-hydrogen) atoms. The van der Waals surface area contributed by atoms with Gasteiger partial charge in [0.2, 0.25) is 31.9 Å². The minimum atomic E-state index is -3.69. The second-order valence-electron chi connectivity index (χ2n) is 14.9. The van der Waals surface area contributed by atoms with Crippen molar-refractivity contribution in [2.75, 3.05) is 24.0 Å². The number of nitrogens with one attached hydrogen (secondary N) is 2. The van der Waals surface area contributed by atoms with Gasteiger partial charge in [0, 0.05) is 31.3 Å². The van der Waals surface area contributed by atoms with Crippen LogP contribution in [0.25, 0.3) is 22.3 Å². The molecule has 2 amide bonds. The van der Waals surface area contributed by atoms with Gasteiger partial charge in [-0.05, 0) is 94.8 Å². The number of hydrogen-bond acceptors (Lipinski definition) is 10. The molecule has 0 spiro atoms. The van der Waals surface area contributed by atoms with Gasteiger partial charge < -0.3 is 10.2 Å². The van der Waals surface area contributed by atoms with Crippen molar-refractivity contribution in [1.29, 1.82) is 0 Å². The number of sulfonamides is 2. The number of hydrogen-bond donors (Lipinski definition) is 4. The number of benzene rings is 6. The highest BCUT2D eigenvalue weighted by molar-refractivity contribution is 7.99. The van der Waals surface area contributed by atoms with Crippen LogP contribution in [0.15, 0.2) is 168 Å². The second-order valence-corrected chi connectivity index (χ2v) is 21.4. The molecule has 0 bridgehead atoms. The predicted molar refractivity (Wildman–Crippen MR) is 260 cm³/mol. The van der Waals surface area contributed by atoms with E-state index in [9.17, 15) is 36.6 Å². The van der Waals surface area contributed by atoms with Gasteiger partial charge in [0.1, 0.15) is 0 Å². The molecule has 0 radical (unpaired) electrons. The number of amides is 2. The van der Waals surface area contributed by atoms with Crippen LogP contribution in [0.3, 0.4) is 0 Å². The van der Waals surface area contributed by atoms with Crippen molar-refractivity contribution < 1.29 is 36.6 Å². The standard InChI is InChI=1S/2C24H24ClNO4S2/c2*1-32(29,30)26-24(28)20(16-31-22-5-3-2-4-6-22)15-23(27)19-9-7-17(8-10-19)18-11-13-21(25)14-12-18/h2*2-14,20,23,27H,15-16H2,1H3,(H,26,28)/t2*20-,23?/m11/s1. The van der Waals surface area contributed by atoms with Gasteiger partial charge in [-0.3, -0.25) is 19.0 Å². The molecule has 0 aliphatic heterocycles. The van der Waals surface area contributed by atoms with Crippen LogP contribution in [0, 0.1) is 11.8 Å². The Morgan fingerprint density at radius 1 is 0.484 bits per heavy atom. The summed E-state index contributed by atoms with van der Waals surface area (Å²) in [5, 5.41) is 22.9. The van der Waals surface area contributed by atoms with Crippen LogP contribution in [0.4, 0.5) is 0 Å². The predicted octanol–water partition coefficient (Wildman–Crippen LogP) is 9.83. The van der Waals surface area contributed by atoms with Crippen LogP contribution in [-0.4, -0.2) is 62.9 Å². The van der Waals surface area contributed by atoms with E-state index in [2.05, 4.69) is 0 Å². The van der Waals surface area contributed by atoms with E-state index in [0.717, 1.165) is 44.6 Å². The SMILES string of the molecule is CS(=O)(=O)NC(=O)[C@@H](CSc1ccccc1)CC(O)c1ccc(-c2ccc(Cl)cc2)cc1.CS(=O)(=O)NC(=O)[C@@H](CSc1ccccc1)CC(O)c1ccc(-c2ccc(Cl)cc2)cc1. The number of thioether (sulfide) groups is 2. The Hall–Kier alpha value is -4.64. The second kappa shape index (κ2) is 24.0. The van der Waals surface area contributed by atoms with Crippen LogP contribution < -0.4 is 9.44 Å². The Balaban J connectivity index is 0.000000241. The normalized spacial score (nSPS) is 13.3. The zero-order chi connectivity index (χ0) is 46.3. The number of aliphatic hydroxyl groups is 2. The van der Waals surface area contributed by atoms with Crippen LogP contribution >= 0.6 is 46.7 Å². The summed E-state index contributed by atoms with van der Waals surface area (Å²) in [5.74, 6) is -1.95. The van der Waals surface area contributed by atoms with E-state index in [4.69, 9.17) is 23.2 Å². The molecule has 2 unspecified atom stereocenters. The topological polar surface area (TPSA) is 167 Å². The molecule has 6 aromatic carbocycles. The third-order valence-corrected chi connectivity index (χ3v) is 13.7. The first-order chi connectivity index (χ1) is 30.4. The molecule has 6 rings (SSSR count). The summed E-state index contributed by atoms with van der Waals surface area (Å²) in [7, 11) is -7.38. The first kappa shape index (κ1) is 50.4. The lowest BCUT2D eigenvalue weighted by molar-refractivity contribution is -0.124. The van der Waals surface area contributed by atoms with Gasteiger partial charge in [0.15, 0.2) is 0 Å². The molecule has 0 saturated carbocycles. The monoisotopic (exact) mass is 978 g/mol. The zero-order valence-corrected chi connectivity index (χ0v) is 39.7. The lowest BCUT2D eigenvalue weighted by atomic mass is 9.96. The Bertz CT molecular complexity index is 2460. The van der Waals surface area contributed by atoms with Crippen LogP contribution in [0.2, 0.25) is 10.0 Å². The first-order valence-corrected chi connectivity index (χ1v) is 26.4. The van der Waals surface area contributed by atoms with Gasteiger partial charge in [-0.2, -0.15) is 0 Å². The fraction of sp³-hybridized carbons (Fsp3) is 0.208. The van der Waals surface area contributed by atoms with Crippen molar-refractivity contribution >= 4 is 78.6 Å². The van der Waals surface area contributed by atoms with Gasteiger partial charge in [-0.25, -0.2) is 16.8 Å². The van der Waals surface area contributed by atoms with Crippen LogP contribution in [0.5, 0.6) is 0 Å². The number of carbonyl (C=O) groups excluding carboxylic acids is 2. The molecule has 0 saturated heterocycles. The third-order valence-electron chi connectivity index (χ3n) is 9.66. The maximum absolute atomic E-state index is 12.6. The Labute approximate surface area is 393 Å². The molecule has 0 fully saturated rings. The van der Waals surface area contributed by atoms with Gasteiger partial charge in [-0.15, -0.1) is 23.5 Å². The summed E-state index contributed by atoms with van der Waals surface area (Å²) in [6.07, 6.45) is 0.251. The minimum Gasteiger partial charge on any atom is -0.388 e. The highest BCUT2D eigenvalue weighted by Gasteiger charge is 2.27. The van der Waals surface area contributed by atoms with E-state index < -0.39 is 55.9 Å². The van der Waals surface area contributed by atoms with Crippen molar-refractivity contribution in [2.24, 2.45) is 11.8 Å². The molecule has 336 valence electrons. The summed E-state index contributed by atoms with van der Waals surface area (Å²) in [6, 6.07) is 48.8. The summed E-state index contributed by atoms with van der Waals surface area (Å²) in [4.78, 5) is 27.1. The molecule has 16 heteroatoms. The molecular formula is C48H48Cl2N2O8S4. The number of halogens is 2. The molecule has 0 heterocycles. The Morgan fingerprint density at radius 3 is 1.05 bits per heavy atom. The molecule has 6 aromatic rings. The number of rotatable bonds is 18. The average molecular weight is 980 g/mol. The number of carbonyl (C=O) groups is 2. The Morgan fingerprint density at radius 2 is 0.766 bits per heavy atom. The molecular weight excluding hydrogens is 932 g/mol. The van der Waals surface area contributed by atoms with Crippen molar-refractivity contribution in [2.45, 2.75) is 34.8 Å². The van der Waals surface area contributed by atoms with E-state index >= 15 is 0 Å². The quantitative estimate of drug-likeness (QED) is 0.0609. The van der Waals surface area contributed by atoms with E-state index in [-0.39, 0.29) is 12.8 Å². The largest absolute Gasteiger partial charge is 0.388 e. The van der Waals surface area contributed by atoms with E-state index in [1.807, 2.05) is 167 Å². The molecule has 10 nitrogen and oxygen atoms in total. The first-order valence-electron chi connectivity index (χ1n) is 19.9. The number of aliphatic hydroxyl groups excluding tert-OH is 2. The average Bonchev–Trinajstić information content (AvgIpc) is 3.26. The van der Waals surface area contributed by atoms with Crippen molar-refractivity contribution in [3.63, 3.8) is 0 Å². The maximum Gasteiger partial charge on any atom is 0.237 e. The summed E-state index contributed by atoms with van der Waals surface area (Å²) in [5.41, 5.74) is 5.27. The van der Waals surface area contributed by atoms with Crippen molar-refractivity contribution in [3.8, 4) is 22.3 Å². The van der Waals surface area contributed by atoms with E-state index in [1.165, 1.54) is 23.5 Å². The highest BCUT2D eigenvalue weighted by Crippen LogP contribution is 2.31. The van der Waals surface area contributed by atoms with Gasteiger partial charge >= 0.3 is 0 Å². The lowest BCUT2D eigenvalue weighted by Crippen LogP contribution is -2.36. The summed E-state index contributed by atoms with van der Waals surface area (Å²) < 4.78 is 50.3. The summed E-state index contributed by atoms with van der Waals surface area (Å²) in [6.45, 7) is 0. The van der Waals surface area contributed by atoms with Crippen LogP contribution in [0.1, 0.15) is 36.2 Å². The van der Waals surface area contributed by atoms with E-state index in [0.29, 0.717) is 32.7 Å².